The van der Waals surface area contributed by atoms with Crippen molar-refractivity contribution in [1.29, 1.82) is 0 Å². The molecule has 1 aliphatic heterocycles. The van der Waals surface area contributed by atoms with Crippen molar-refractivity contribution in [2.24, 2.45) is 5.92 Å². The molecule has 0 aliphatic carbocycles. The monoisotopic (exact) mass is 458 g/mol. The van der Waals surface area contributed by atoms with Crippen molar-refractivity contribution in [2.75, 3.05) is 19.7 Å². The van der Waals surface area contributed by atoms with Gasteiger partial charge in [-0.25, -0.2) is 9.59 Å². The number of likely N-dealkylation sites (tertiary alicyclic amines) is 1. The standard InChI is InChI=1S/C25H34N2O6/c1-8-31-21(28)19-14-26(22(29)32-24(2,3)4)13-17(19)18-15-27(23(30)33-25(5,6)7)20-12-10-9-11-16(18)20/h9-12,15,17,19H,8,13-14H2,1-7H3. The third-order valence-corrected chi connectivity index (χ3v) is 5.29. The normalized spacial score (nSPS) is 18.9. The Morgan fingerprint density at radius 3 is 2.15 bits per heavy atom. The third kappa shape index (κ3) is 5.67. The first-order chi connectivity index (χ1) is 15.3. The van der Waals surface area contributed by atoms with Crippen LogP contribution in [-0.2, 0) is 19.0 Å². The first-order valence-electron chi connectivity index (χ1n) is 11.3. The Kier molecular flexibility index (Phi) is 6.77. The number of esters is 1. The van der Waals surface area contributed by atoms with Crippen LogP contribution in [0.1, 0.15) is 59.9 Å². The number of aromatic nitrogens is 1. The van der Waals surface area contributed by atoms with Crippen molar-refractivity contribution in [3.05, 3.63) is 36.0 Å². The molecular weight excluding hydrogens is 424 g/mol. The average molecular weight is 459 g/mol. The molecule has 0 radical (unpaired) electrons. The second-order valence-corrected chi connectivity index (χ2v) is 10.3. The smallest absolute Gasteiger partial charge is 0.419 e. The number of nitrogens with zero attached hydrogens (tertiary/aromatic N) is 2. The molecule has 1 amide bonds. The van der Waals surface area contributed by atoms with Gasteiger partial charge in [0, 0.05) is 30.6 Å². The maximum absolute atomic E-state index is 12.9. The van der Waals surface area contributed by atoms with Crippen LogP contribution in [0.5, 0.6) is 0 Å². The molecule has 2 atom stereocenters. The van der Waals surface area contributed by atoms with Gasteiger partial charge in [0.25, 0.3) is 0 Å². The van der Waals surface area contributed by atoms with Gasteiger partial charge >= 0.3 is 18.2 Å². The lowest BCUT2D eigenvalue weighted by atomic mass is 9.89. The first-order valence-corrected chi connectivity index (χ1v) is 11.3. The van der Waals surface area contributed by atoms with Crippen molar-refractivity contribution < 1.29 is 28.6 Å². The molecule has 33 heavy (non-hydrogen) atoms. The highest BCUT2D eigenvalue weighted by atomic mass is 16.6. The largest absolute Gasteiger partial charge is 0.466 e. The van der Waals surface area contributed by atoms with Crippen molar-refractivity contribution >= 4 is 29.1 Å². The lowest BCUT2D eigenvalue weighted by Crippen LogP contribution is -2.36. The number of hydrogen-bond donors (Lipinski definition) is 0. The van der Waals surface area contributed by atoms with Gasteiger partial charge in [-0.1, -0.05) is 18.2 Å². The van der Waals surface area contributed by atoms with Crippen molar-refractivity contribution in [3.8, 4) is 0 Å². The Bertz CT molecular complexity index is 1040. The first kappa shape index (κ1) is 24.6. The fourth-order valence-electron chi connectivity index (χ4n) is 4.05. The summed E-state index contributed by atoms with van der Waals surface area (Å²) in [5.74, 6) is -1.30. The van der Waals surface area contributed by atoms with E-state index in [0.29, 0.717) is 5.52 Å². The molecule has 1 aromatic carbocycles. The Morgan fingerprint density at radius 2 is 1.55 bits per heavy atom. The number of hydrogen-bond acceptors (Lipinski definition) is 6. The predicted octanol–water partition coefficient (Wildman–Crippen LogP) is 4.94. The zero-order valence-corrected chi connectivity index (χ0v) is 20.5. The van der Waals surface area contributed by atoms with Gasteiger partial charge in [-0.3, -0.25) is 9.36 Å². The highest BCUT2D eigenvalue weighted by Gasteiger charge is 2.44. The van der Waals surface area contributed by atoms with E-state index in [1.807, 2.05) is 45.0 Å². The summed E-state index contributed by atoms with van der Waals surface area (Å²) in [6, 6.07) is 7.47. The van der Waals surface area contributed by atoms with Crippen molar-refractivity contribution in [2.45, 2.75) is 65.6 Å². The molecule has 8 heteroatoms. The number of carbonyl (C=O) groups is 3. The second-order valence-electron chi connectivity index (χ2n) is 10.3. The molecule has 8 nitrogen and oxygen atoms in total. The van der Waals surface area contributed by atoms with E-state index in [4.69, 9.17) is 14.2 Å². The fourth-order valence-corrected chi connectivity index (χ4v) is 4.05. The summed E-state index contributed by atoms with van der Waals surface area (Å²) in [7, 11) is 0. The Labute approximate surface area is 194 Å². The molecule has 1 aliphatic rings. The molecule has 0 saturated carbocycles. The maximum Gasteiger partial charge on any atom is 0.419 e. The van der Waals surface area contributed by atoms with Crippen LogP contribution in [0.4, 0.5) is 9.59 Å². The van der Waals surface area contributed by atoms with Gasteiger partial charge in [-0.15, -0.1) is 0 Å². The lowest BCUT2D eigenvalue weighted by molar-refractivity contribution is -0.147. The van der Waals surface area contributed by atoms with Gasteiger partial charge in [0.15, 0.2) is 0 Å². The van der Waals surface area contributed by atoms with Crippen LogP contribution >= 0.6 is 0 Å². The summed E-state index contributed by atoms with van der Waals surface area (Å²) in [6.07, 6.45) is 0.739. The van der Waals surface area contributed by atoms with Gasteiger partial charge in [-0.2, -0.15) is 0 Å². The molecule has 3 rings (SSSR count). The molecule has 0 N–H and O–H groups in total. The number of ether oxygens (including phenoxy) is 3. The molecule has 0 spiro atoms. The Hall–Kier alpha value is -3.03. The maximum atomic E-state index is 12.9. The Balaban J connectivity index is 2.02. The van der Waals surface area contributed by atoms with Crippen LogP contribution < -0.4 is 0 Å². The van der Waals surface area contributed by atoms with Crippen LogP contribution in [0, 0.1) is 5.92 Å². The predicted molar refractivity (Wildman–Crippen MR) is 124 cm³/mol. The molecule has 180 valence electrons. The van der Waals surface area contributed by atoms with Gasteiger partial charge in [-0.05, 0) is 60.1 Å². The minimum atomic E-state index is -0.656. The quantitative estimate of drug-likeness (QED) is 0.478. The summed E-state index contributed by atoms with van der Waals surface area (Å²) in [6.45, 7) is 13.3. The molecule has 2 heterocycles. The SMILES string of the molecule is CCOC(=O)C1CN(C(=O)OC(C)(C)C)CC1c1cn(C(=O)OC(C)(C)C)c2ccccc12. The topological polar surface area (TPSA) is 87.1 Å². The molecule has 2 aromatic rings. The Morgan fingerprint density at radius 1 is 0.939 bits per heavy atom. The number of carbonyl (C=O) groups excluding carboxylic acids is 3. The summed E-state index contributed by atoms with van der Waals surface area (Å²) in [5, 5.41) is 0.827. The molecule has 0 bridgehead atoms. The zero-order chi connectivity index (χ0) is 24.6. The number of amides is 1. The third-order valence-electron chi connectivity index (χ3n) is 5.29. The van der Waals surface area contributed by atoms with Crippen LogP contribution in [0.25, 0.3) is 10.9 Å². The summed E-state index contributed by atoms with van der Waals surface area (Å²) in [5.41, 5.74) is 0.166. The van der Waals surface area contributed by atoms with Crippen LogP contribution in [0.2, 0.25) is 0 Å². The van der Waals surface area contributed by atoms with E-state index in [1.165, 1.54) is 9.47 Å². The molecule has 1 saturated heterocycles. The molecule has 2 unspecified atom stereocenters. The molecule has 1 aromatic heterocycles. The summed E-state index contributed by atoms with van der Waals surface area (Å²) in [4.78, 5) is 40.1. The van der Waals surface area contributed by atoms with E-state index in [9.17, 15) is 14.4 Å². The second kappa shape index (κ2) is 9.08. The van der Waals surface area contributed by atoms with E-state index in [1.54, 1.807) is 33.9 Å². The number of para-hydroxylation sites is 1. The van der Waals surface area contributed by atoms with Crippen molar-refractivity contribution in [3.63, 3.8) is 0 Å². The van der Waals surface area contributed by atoms with Crippen LogP contribution in [-0.4, -0.2) is 58.5 Å². The van der Waals surface area contributed by atoms with E-state index < -0.39 is 29.3 Å². The minimum Gasteiger partial charge on any atom is -0.466 e. The van der Waals surface area contributed by atoms with Gasteiger partial charge < -0.3 is 19.1 Å². The van der Waals surface area contributed by atoms with Crippen molar-refractivity contribution in [1.82, 2.24) is 9.47 Å². The number of rotatable bonds is 3. The number of benzene rings is 1. The molecule has 1 fully saturated rings. The average Bonchev–Trinajstić information content (AvgIpc) is 3.27. The minimum absolute atomic E-state index is 0.185. The lowest BCUT2D eigenvalue weighted by Gasteiger charge is -2.24. The highest BCUT2D eigenvalue weighted by molar-refractivity contribution is 5.93. The van der Waals surface area contributed by atoms with E-state index in [-0.39, 0.29) is 31.6 Å². The van der Waals surface area contributed by atoms with Crippen LogP contribution in [0.3, 0.4) is 0 Å². The van der Waals surface area contributed by atoms with E-state index in [0.717, 1.165) is 10.9 Å². The summed E-state index contributed by atoms with van der Waals surface area (Å²) < 4.78 is 17.9. The number of fused-ring (bicyclic) bond motifs is 1. The highest BCUT2D eigenvalue weighted by Crippen LogP contribution is 2.39. The van der Waals surface area contributed by atoms with Gasteiger partial charge in [0.05, 0.1) is 18.0 Å². The van der Waals surface area contributed by atoms with E-state index >= 15 is 0 Å². The van der Waals surface area contributed by atoms with Crippen LogP contribution in [0.15, 0.2) is 30.5 Å². The van der Waals surface area contributed by atoms with E-state index in [2.05, 4.69) is 0 Å². The van der Waals surface area contributed by atoms with Gasteiger partial charge in [0.2, 0.25) is 0 Å². The summed E-state index contributed by atoms with van der Waals surface area (Å²) >= 11 is 0. The van der Waals surface area contributed by atoms with Gasteiger partial charge in [0.1, 0.15) is 11.2 Å². The fraction of sp³-hybridized carbons (Fsp3) is 0.560. The molecular formula is C25H34N2O6. The zero-order valence-electron chi connectivity index (χ0n) is 20.5.